The van der Waals surface area contributed by atoms with Crippen LogP contribution in [0.1, 0.15) is 21.7 Å². The first kappa shape index (κ1) is 6.39. The van der Waals surface area contributed by atoms with Crippen molar-refractivity contribution in [2.24, 2.45) is 0 Å². The maximum atomic E-state index is 11.3. The van der Waals surface area contributed by atoms with E-state index >= 15 is 0 Å². The van der Waals surface area contributed by atoms with Gasteiger partial charge >= 0.3 is 0 Å². The smallest absolute Gasteiger partial charge is 0.257 e. The Morgan fingerprint density at radius 1 is 1.64 bits per heavy atom. The molecule has 1 amide bonds. The van der Waals surface area contributed by atoms with E-state index in [2.05, 4.69) is 10.2 Å². The van der Waals surface area contributed by atoms with Gasteiger partial charge in [0, 0.05) is 12.7 Å². The maximum Gasteiger partial charge on any atom is 0.257 e. The molecular formula is C7H9N3O. The second kappa shape index (κ2) is 1.84. The monoisotopic (exact) mass is 151 g/mol. The number of fused-ring (bicyclic) bond motifs is 1. The predicted molar refractivity (Wildman–Crippen MR) is 39.1 cm³/mol. The van der Waals surface area contributed by atoms with Crippen molar-refractivity contribution in [3.8, 4) is 0 Å². The number of amides is 1. The molecule has 0 radical (unpaired) electrons. The lowest BCUT2D eigenvalue weighted by Crippen LogP contribution is -2.18. The molecule has 1 aromatic rings. The van der Waals surface area contributed by atoms with Crippen LogP contribution in [0.3, 0.4) is 0 Å². The molecule has 1 aromatic heterocycles. The third-order valence-electron chi connectivity index (χ3n) is 1.97. The molecule has 58 valence electrons. The molecular weight excluding hydrogens is 142 g/mol. The Morgan fingerprint density at radius 3 is 3.00 bits per heavy atom. The summed E-state index contributed by atoms with van der Waals surface area (Å²) in [7, 11) is 1.78. The van der Waals surface area contributed by atoms with Crippen molar-refractivity contribution in [3.63, 3.8) is 0 Å². The number of aryl methyl sites for hydroxylation is 1. The zero-order valence-electron chi connectivity index (χ0n) is 6.51. The molecule has 4 nitrogen and oxygen atoms in total. The Kier molecular flexibility index (Phi) is 1.07. The Morgan fingerprint density at radius 2 is 2.36 bits per heavy atom. The Bertz CT molecular complexity index is 315. The minimum absolute atomic E-state index is 0.0752. The van der Waals surface area contributed by atoms with Gasteiger partial charge < -0.3 is 4.90 Å². The van der Waals surface area contributed by atoms with Crippen LogP contribution in [0.15, 0.2) is 0 Å². The number of aromatic nitrogens is 2. The van der Waals surface area contributed by atoms with Gasteiger partial charge in [0.1, 0.15) is 0 Å². The maximum absolute atomic E-state index is 11.3. The lowest BCUT2D eigenvalue weighted by molar-refractivity contribution is 0.0814. The van der Waals surface area contributed by atoms with E-state index in [0.29, 0.717) is 6.54 Å². The van der Waals surface area contributed by atoms with E-state index in [1.54, 1.807) is 11.9 Å². The van der Waals surface area contributed by atoms with E-state index < -0.39 is 0 Å². The van der Waals surface area contributed by atoms with Crippen molar-refractivity contribution >= 4 is 5.91 Å². The van der Waals surface area contributed by atoms with E-state index in [1.807, 2.05) is 6.92 Å². The molecule has 0 unspecified atom stereocenters. The summed E-state index contributed by atoms with van der Waals surface area (Å²) in [5.41, 5.74) is 2.50. The average molecular weight is 151 g/mol. The van der Waals surface area contributed by atoms with Crippen molar-refractivity contribution in [3.05, 3.63) is 17.0 Å². The summed E-state index contributed by atoms with van der Waals surface area (Å²) in [5, 5.41) is 6.80. The molecule has 0 aliphatic carbocycles. The van der Waals surface area contributed by atoms with E-state index in [4.69, 9.17) is 0 Å². The van der Waals surface area contributed by atoms with E-state index in [-0.39, 0.29) is 5.91 Å². The van der Waals surface area contributed by atoms with Crippen LogP contribution in [0.4, 0.5) is 0 Å². The van der Waals surface area contributed by atoms with Gasteiger partial charge in [-0.2, -0.15) is 5.10 Å². The van der Waals surface area contributed by atoms with Crippen LogP contribution in [0, 0.1) is 6.92 Å². The molecule has 1 aliphatic rings. The van der Waals surface area contributed by atoms with Gasteiger partial charge in [-0.3, -0.25) is 9.89 Å². The number of nitrogens with one attached hydrogen (secondary N) is 1. The minimum atomic E-state index is 0.0752. The van der Waals surface area contributed by atoms with Crippen LogP contribution in [-0.4, -0.2) is 28.1 Å². The first-order chi connectivity index (χ1) is 5.20. The molecule has 0 fully saturated rings. The number of H-pyrrole nitrogens is 1. The first-order valence-corrected chi connectivity index (χ1v) is 3.49. The van der Waals surface area contributed by atoms with Gasteiger partial charge in [0.25, 0.3) is 5.91 Å². The Hall–Kier alpha value is -1.32. The third-order valence-corrected chi connectivity index (χ3v) is 1.97. The van der Waals surface area contributed by atoms with Gasteiger partial charge in [-0.25, -0.2) is 0 Å². The normalized spacial score (nSPS) is 15.8. The summed E-state index contributed by atoms with van der Waals surface area (Å²) < 4.78 is 0. The summed E-state index contributed by atoms with van der Waals surface area (Å²) in [6.45, 7) is 2.50. The van der Waals surface area contributed by atoms with Gasteiger partial charge in [0.15, 0.2) is 0 Å². The highest BCUT2D eigenvalue weighted by Gasteiger charge is 2.28. The summed E-state index contributed by atoms with van der Waals surface area (Å²) in [6, 6.07) is 0. The van der Waals surface area contributed by atoms with Gasteiger partial charge in [0.2, 0.25) is 0 Å². The molecule has 2 heterocycles. The number of carbonyl (C=O) groups is 1. The van der Waals surface area contributed by atoms with Crippen molar-refractivity contribution < 1.29 is 4.79 Å². The largest absolute Gasteiger partial charge is 0.336 e. The zero-order valence-corrected chi connectivity index (χ0v) is 6.51. The van der Waals surface area contributed by atoms with Crippen LogP contribution >= 0.6 is 0 Å². The molecule has 0 bridgehead atoms. The fourth-order valence-electron chi connectivity index (χ4n) is 1.37. The number of nitrogens with zero attached hydrogens (tertiary/aromatic N) is 2. The topological polar surface area (TPSA) is 49.0 Å². The van der Waals surface area contributed by atoms with E-state index in [0.717, 1.165) is 17.0 Å². The van der Waals surface area contributed by atoms with E-state index in [1.165, 1.54) is 0 Å². The number of hydrogen-bond donors (Lipinski definition) is 1. The van der Waals surface area contributed by atoms with Crippen LogP contribution in [0.5, 0.6) is 0 Å². The quantitative estimate of drug-likeness (QED) is 0.580. The molecule has 0 saturated carbocycles. The fraction of sp³-hybridized carbons (Fsp3) is 0.429. The second-order valence-electron chi connectivity index (χ2n) is 2.83. The molecule has 0 aromatic carbocycles. The summed E-state index contributed by atoms with van der Waals surface area (Å²) in [6.07, 6.45) is 0. The summed E-state index contributed by atoms with van der Waals surface area (Å²) in [5.74, 6) is 0.0752. The number of rotatable bonds is 0. The summed E-state index contributed by atoms with van der Waals surface area (Å²) >= 11 is 0. The summed E-state index contributed by atoms with van der Waals surface area (Å²) in [4.78, 5) is 13.0. The molecule has 1 N–H and O–H groups in total. The van der Waals surface area contributed by atoms with Crippen molar-refractivity contribution in [1.29, 1.82) is 0 Å². The third kappa shape index (κ3) is 0.691. The van der Waals surface area contributed by atoms with Crippen molar-refractivity contribution in [2.75, 3.05) is 7.05 Å². The first-order valence-electron chi connectivity index (χ1n) is 3.49. The van der Waals surface area contributed by atoms with Crippen LogP contribution < -0.4 is 0 Å². The highest BCUT2D eigenvalue weighted by Crippen LogP contribution is 2.21. The highest BCUT2D eigenvalue weighted by atomic mass is 16.2. The molecule has 0 atom stereocenters. The van der Waals surface area contributed by atoms with E-state index in [9.17, 15) is 4.79 Å². The van der Waals surface area contributed by atoms with Gasteiger partial charge in [-0.05, 0) is 6.92 Å². The lowest BCUT2D eigenvalue weighted by Gasteiger charge is -2.05. The van der Waals surface area contributed by atoms with Gasteiger partial charge in [-0.1, -0.05) is 0 Å². The molecule has 0 saturated heterocycles. The Balaban J connectivity index is 2.58. The highest BCUT2D eigenvalue weighted by molar-refractivity contribution is 5.98. The molecule has 4 heteroatoms. The molecule has 2 rings (SSSR count). The van der Waals surface area contributed by atoms with Crippen molar-refractivity contribution in [2.45, 2.75) is 13.5 Å². The fourth-order valence-corrected chi connectivity index (χ4v) is 1.37. The zero-order chi connectivity index (χ0) is 8.01. The SMILES string of the molecule is Cc1[nH]nc2c1C(=O)N(C)C2. The number of aromatic amines is 1. The lowest BCUT2D eigenvalue weighted by atomic mass is 10.2. The van der Waals surface area contributed by atoms with Gasteiger partial charge in [0.05, 0.1) is 17.8 Å². The van der Waals surface area contributed by atoms with Crippen LogP contribution in [-0.2, 0) is 6.54 Å². The van der Waals surface area contributed by atoms with Crippen molar-refractivity contribution in [1.82, 2.24) is 15.1 Å². The molecule has 0 spiro atoms. The second-order valence-corrected chi connectivity index (χ2v) is 2.83. The Labute approximate surface area is 64.2 Å². The van der Waals surface area contributed by atoms with Gasteiger partial charge in [-0.15, -0.1) is 0 Å². The molecule has 11 heavy (non-hydrogen) atoms. The number of carbonyl (C=O) groups excluding carboxylic acids is 1. The number of hydrogen-bond acceptors (Lipinski definition) is 2. The average Bonchev–Trinajstić information content (AvgIpc) is 2.41. The predicted octanol–water partition coefficient (Wildman–Crippen LogP) is 0.304. The van der Waals surface area contributed by atoms with Crippen LogP contribution in [0.2, 0.25) is 0 Å². The standard InChI is InChI=1S/C7H9N3O/c1-4-6-5(9-8-4)3-10(2)7(6)11/h3H2,1-2H3,(H,8,9). The molecule has 1 aliphatic heterocycles. The van der Waals surface area contributed by atoms with Crippen LogP contribution in [0.25, 0.3) is 0 Å². The minimum Gasteiger partial charge on any atom is -0.336 e.